The highest BCUT2D eigenvalue weighted by atomic mass is 35.5. The molecule has 0 spiro atoms. The van der Waals surface area contributed by atoms with Crippen LogP contribution < -0.4 is 4.90 Å². The Morgan fingerprint density at radius 3 is 2.62 bits per heavy atom. The molecule has 2 heterocycles. The number of anilines is 1. The predicted octanol–water partition coefficient (Wildman–Crippen LogP) is 1.79. The van der Waals surface area contributed by atoms with Crippen LogP contribution >= 0.6 is 11.6 Å². The second-order valence-corrected chi connectivity index (χ2v) is 6.12. The first kappa shape index (κ1) is 16.0. The Labute approximate surface area is 130 Å². The van der Waals surface area contributed by atoms with Gasteiger partial charge in [-0.15, -0.1) is 0 Å². The average molecular weight is 312 g/mol. The maximum atomic E-state index is 12.1. The van der Waals surface area contributed by atoms with Crippen LogP contribution in [0.3, 0.4) is 0 Å². The summed E-state index contributed by atoms with van der Waals surface area (Å²) >= 11 is 6.14. The van der Waals surface area contributed by atoms with Gasteiger partial charge in [-0.1, -0.05) is 25.4 Å². The molecule has 1 atom stereocenters. The molecule has 116 valence electrons. The van der Waals surface area contributed by atoms with Crippen molar-refractivity contribution in [2.24, 2.45) is 5.92 Å². The molecule has 1 unspecified atom stereocenters. The Morgan fingerprint density at radius 2 is 2.05 bits per heavy atom. The molecule has 0 saturated carbocycles. The summed E-state index contributed by atoms with van der Waals surface area (Å²) < 4.78 is 0. The quantitative estimate of drug-likeness (QED) is 0.921. The smallest absolute Gasteiger partial charge is 0.225 e. The van der Waals surface area contributed by atoms with Gasteiger partial charge in [-0.25, -0.2) is 0 Å². The zero-order valence-corrected chi connectivity index (χ0v) is 13.3. The second-order valence-electron chi connectivity index (χ2n) is 5.71. The van der Waals surface area contributed by atoms with Crippen LogP contribution in [-0.4, -0.2) is 53.2 Å². The van der Waals surface area contributed by atoms with Crippen molar-refractivity contribution in [3.05, 3.63) is 23.5 Å². The van der Waals surface area contributed by atoms with E-state index in [1.807, 2.05) is 24.8 Å². The number of aromatic nitrogens is 1. The van der Waals surface area contributed by atoms with Crippen molar-refractivity contribution < 1.29 is 9.90 Å². The van der Waals surface area contributed by atoms with Crippen LogP contribution in [0.2, 0.25) is 5.02 Å². The van der Waals surface area contributed by atoms with Crippen LogP contribution in [0.4, 0.5) is 5.69 Å². The molecule has 0 aliphatic carbocycles. The fourth-order valence-electron chi connectivity index (χ4n) is 2.36. The van der Waals surface area contributed by atoms with Gasteiger partial charge in [0.1, 0.15) is 0 Å². The van der Waals surface area contributed by atoms with Crippen molar-refractivity contribution >= 4 is 23.2 Å². The maximum absolute atomic E-state index is 12.1. The van der Waals surface area contributed by atoms with Gasteiger partial charge < -0.3 is 14.9 Å². The summed E-state index contributed by atoms with van der Waals surface area (Å²) in [5.41, 5.74) is 0.959. The standard InChI is InChI=1S/C15H22ClN3O2/c1-11(2)14(20)9-15(21)19-7-5-18(6-8-19)13-3-4-17-10-12(13)16/h3-4,10-11,14,20H,5-9H2,1-2H3. The topological polar surface area (TPSA) is 56.7 Å². The predicted molar refractivity (Wildman–Crippen MR) is 83.5 cm³/mol. The van der Waals surface area contributed by atoms with Crippen LogP contribution in [0.5, 0.6) is 0 Å². The maximum Gasteiger partial charge on any atom is 0.225 e. The molecule has 1 aliphatic rings. The molecule has 0 aromatic carbocycles. The Kier molecular flexibility index (Phi) is 5.42. The Balaban J connectivity index is 1.89. The van der Waals surface area contributed by atoms with Crippen molar-refractivity contribution in [1.29, 1.82) is 0 Å². The van der Waals surface area contributed by atoms with E-state index in [0.29, 0.717) is 18.1 Å². The van der Waals surface area contributed by atoms with E-state index in [4.69, 9.17) is 11.6 Å². The van der Waals surface area contributed by atoms with Gasteiger partial charge in [0.05, 0.1) is 23.2 Å². The number of aliphatic hydroxyl groups is 1. The molecule has 1 N–H and O–H groups in total. The number of amides is 1. The van der Waals surface area contributed by atoms with Gasteiger partial charge in [-0.3, -0.25) is 9.78 Å². The van der Waals surface area contributed by atoms with E-state index in [1.165, 1.54) is 0 Å². The molecule has 6 heteroatoms. The minimum absolute atomic E-state index is 0.0247. The third kappa shape index (κ3) is 4.08. The molecule has 2 rings (SSSR count). The van der Waals surface area contributed by atoms with Crippen molar-refractivity contribution in [2.75, 3.05) is 31.1 Å². The van der Waals surface area contributed by atoms with Crippen molar-refractivity contribution in [3.63, 3.8) is 0 Å². The first-order chi connectivity index (χ1) is 9.99. The van der Waals surface area contributed by atoms with E-state index in [9.17, 15) is 9.90 Å². The molecule has 1 saturated heterocycles. The lowest BCUT2D eigenvalue weighted by atomic mass is 10.0. The van der Waals surface area contributed by atoms with Gasteiger partial charge in [0, 0.05) is 38.6 Å². The van der Waals surface area contributed by atoms with Crippen LogP contribution in [0.1, 0.15) is 20.3 Å². The van der Waals surface area contributed by atoms with Gasteiger partial charge >= 0.3 is 0 Å². The van der Waals surface area contributed by atoms with E-state index in [1.54, 1.807) is 12.4 Å². The minimum atomic E-state index is -0.565. The number of hydrogen-bond acceptors (Lipinski definition) is 4. The highest BCUT2D eigenvalue weighted by Gasteiger charge is 2.24. The zero-order valence-electron chi connectivity index (χ0n) is 12.5. The second kappa shape index (κ2) is 7.09. The van der Waals surface area contributed by atoms with E-state index in [2.05, 4.69) is 9.88 Å². The zero-order chi connectivity index (χ0) is 15.4. The third-order valence-corrected chi connectivity index (χ3v) is 4.17. The van der Waals surface area contributed by atoms with Gasteiger partial charge in [0.2, 0.25) is 5.91 Å². The summed E-state index contributed by atoms with van der Waals surface area (Å²) in [6.45, 7) is 6.63. The van der Waals surface area contributed by atoms with Gasteiger partial charge in [0.25, 0.3) is 0 Å². The van der Waals surface area contributed by atoms with E-state index >= 15 is 0 Å². The number of halogens is 1. The molecule has 1 aromatic rings. The molecule has 0 radical (unpaired) electrons. The van der Waals surface area contributed by atoms with Crippen molar-refractivity contribution in [3.8, 4) is 0 Å². The number of pyridine rings is 1. The number of rotatable bonds is 4. The minimum Gasteiger partial charge on any atom is -0.392 e. The van der Waals surface area contributed by atoms with Crippen LogP contribution in [0.15, 0.2) is 18.5 Å². The molecule has 0 bridgehead atoms. The molecular weight excluding hydrogens is 290 g/mol. The fourth-order valence-corrected chi connectivity index (χ4v) is 2.60. The van der Waals surface area contributed by atoms with Gasteiger partial charge in [-0.05, 0) is 12.0 Å². The highest BCUT2D eigenvalue weighted by molar-refractivity contribution is 6.33. The van der Waals surface area contributed by atoms with E-state index < -0.39 is 6.10 Å². The largest absolute Gasteiger partial charge is 0.392 e. The number of nitrogens with zero attached hydrogens (tertiary/aromatic N) is 3. The monoisotopic (exact) mass is 311 g/mol. The van der Waals surface area contributed by atoms with Crippen LogP contribution in [0.25, 0.3) is 0 Å². The first-order valence-corrected chi connectivity index (χ1v) is 7.67. The molecule has 21 heavy (non-hydrogen) atoms. The fraction of sp³-hybridized carbons (Fsp3) is 0.600. The Morgan fingerprint density at radius 1 is 1.38 bits per heavy atom. The Hall–Kier alpha value is -1.33. The SMILES string of the molecule is CC(C)C(O)CC(=O)N1CCN(c2ccncc2Cl)CC1. The lowest BCUT2D eigenvalue weighted by molar-refractivity contribution is -0.134. The molecule has 1 fully saturated rings. The summed E-state index contributed by atoms with van der Waals surface area (Å²) in [6, 6.07) is 1.89. The summed E-state index contributed by atoms with van der Waals surface area (Å²) in [6.07, 6.45) is 2.99. The number of hydrogen-bond donors (Lipinski definition) is 1. The molecule has 1 aromatic heterocycles. The van der Waals surface area contributed by atoms with Gasteiger partial charge in [0.15, 0.2) is 0 Å². The molecule has 1 aliphatic heterocycles. The number of piperazine rings is 1. The van der Waals surface area contributed by atoms with Crippen molar-refractivity contribution in [2.45, 2.75) is 26.4 Å². The third-order valence-electron chi connectivity index (χ3n) is 3.88. The normalized spacial score (nSPS) is 17.2. The molecule has 1 amide bonds. The first-order valence-electron chi connectivity index (χ1n) is 7.29. The lowest BCUT2D eigenvalue weighted by Gasteiger charge is -2.36. The lowest BCUT2D eigenvalue weighted by Crippen LogP contribution is -2.49. The average Bonchev–Trinajstić information content (AvgIpc) is 2.47. The van der Waals surface area contributed by atoms with Crippen LogP contribution in [0, 0.1) is 5.92 Å². The highest BCUT2D eigenvalue weighted by Crippen LogP contribution is 2.25. The van der Waals surface area contributed by atoms with E-state index in [-0.39, 0.29) is 18.2 Å². The molecular formula is C15H22ClN3O2. The molecule has 5 nitrogen and oxygen atoms in total. The van der Waals surface area contributed by atoms with E-state index in [0.717, 1.165) is 18.8 Å². The van der Waals surface area contributed by atoms with Crippen LogP contribution in [-0.2, 0) is 4.79 Å². The summed E-state index contributed by atoms with van der Waals surface area (Å²) in [5, 5.41) is 10.4. The number of aliphatic hydroxyl groups excluding tert-OH is 1. The summed E-state index contributed by atoms with van der Waals surface area (Å²) in [5.74, 6) is 0.127. The van der Waals surface area contributed by atoms with Gasteiger partial charge in [-0.2, -0.15) is 0 Å². The number of carbonyl (C=O) groups is 1. The summed E-state index contributed by atoms with van der Waals surface area (Å²) in [7, 11) is 0. The summed E-state index contributed by atoms with van der Waals surface area (Å²) in [4.78, 5) is 20.1. The Bertz CT molecular complexity index is 488. The number of carbonyl (C=O) groups excluding carboxylic acids is 1. The van der Waals surface area contributed by atoms with Crippen molar-refractivity contribution in [1.82, 2.24) is 9.88 Å².